The number of nitrogens with zero attached hydrogens (tertiary/aromatic N) is 5. The van der Waals surface area contributed by atoms with Gasteiger partial charge in [-0.3, -0.25) is 9.38 Å². The van der Waals surface area contributed by atoms with E-state index in [0.717, 1.165) is 58.4 Å². The molecule has 0 aromatic carbocycles. The average molecular weight is 421 g/mol. The number of imidazole rings is 1. The third-order valence-corrected chi connectivity index (χ3v) is 4.95. The van der Waals surface area contributed by atoms with Gasteiger partial charge in [-0.15, -0.1) is 0 Å². The SMILES string of the molecule is Cc1cn2c(I)c(-c3ccncc3)nc(N3CCOCC3)c2n1. The zero-order chi connectivity index (χ0) is 15.8. The van der Waals surface area contributed by atoms with Gasteiger partial charge in [0.15, 0.2) is 11.5 Å². The molecule has 4 rings (SSSR count). The molecule has 0 spiro atoms. The van der Waals surface area contributed by atoms with Gasteiger partial charge in [-0.25, -0.2) is 9.97 Å². The van der Waals surface area contributed by atoms with Crippen LogP contribution in [-0.2, 0) is 4.74 Å². The van der Waals surface area contributed by atoms with E-state index in [4.69, 9.17) is 9.72 Å². The molecular weight excluding hydrogens is 405 g/mol. The van der Waals surface area contributed by atoms with Crippen LogP contribution in [0.1, 0.15) is 5.69 Å². The Morgan fingerprint density at radius 2 is 1.87 bits per heavy atom. The van der Waals surface area contributed by atoms with Gasteiger partial charge < -0.3 is 9.64 Å². The summed E-state index contributed by atoms with van der Waals surface area (Å²) in [5, 5.41) is 0. The Bertz CT molecular complexity index is 843. The Morgan fingerprint density at radius 3 is 2.61 bits per heavy atom. The fraction of sp³-hybridized carbons (Fsp3) is 0.312. The molecule has 0 atom stereocenters. The first kappa shape index (κ1) is 14.8. The predicted molar refractivity (Wildman–Crippen MR) is 96.7 cm³/mol. The van der Waals surface area contributed by atoms with Gasteiger partial charge in [0.25, 0.3) is 0 Å². The number of aromatic nitrogens is 4. The molecule has 118 valence electrons. The Labute approximate surface area is 147 Å². The second kappa shape index (κ2) is 6.04. The maximum absolute atomic E-state index is 5.47. The molecule has 1 aliphatic heterocycles. The third-order valence-electron chi connectivity index (χ3n) is 3.92. The second-order valence-corrected chi connectivity index (χ2v) is 6.51. The molecule has 0 saturated carbocycles. The van der Waals surface area contributed by atoms with Crippen LogP contribution in [0.5, 0.6) is 0 Å². The summed E-state index contributed by atoms with van der Waals surface area (Å²) in [7, 11) is 0. The first-order valence-electron chi connectivity index (χ1n) is 7.52. The fourth-order valence-electron chi connectivity index (χ4n) is 2.80. The number of pyridine rings is 1. The molecule has 7 heteroatoms. The van der Waals surface area contributed by atoms with Crippen LogP contribution in [0.2, 0.25) is 0 Å². The molecule has 4 heterocycles. The number of fused-ring (bicyclic) bond motifs is 1. The number of anilines is 1. The van der Waals surface area contributed by atoms with E-state index in [2.05, 4.69) is 48.1 Å². The molecule has 0 bridgehead atoms. The highest BCUT2D eigenvalue weighted by Gasteiger charge is 2.21. The van der Waals surface area contributed by atoms with Crippen molar-refractivity contribution in [3.8, 4) is 11.3 Å². The number of rotatable bonds is 2. The minimum atomic E-state index is 0.726. The monoisotopic (exact) mass is 421 g/mol. The minimum Gasteiger partial charge on any atom is -0.378 e. The zero-order valence-electron chi connectivity index (χ0n) is 12.7. The van der Waals surface area contributed by atoms with Crippen LogP contribution in [0.15, 0.2) is 30.7 Å². The fourth-order valence-corrected chi connectivity index (χ4v) is 3.60. The second-order valence-electron chi connectivity index (χ2n) is 5.49. The maximum Gasteiger partial charge on any atom is 0.181 e. The van der Waals surface area contributed by atoms with Crippen LogP contribution in [0.25, 0.3) is 16.9 Å². The Hall–Kier alpha value is -1.74. The molecule has 0 unspecified atom stereocenters. The Balaban J connectivity index is 1.95. The number of ether oxygens (including phenoxy) is 1. The molecule has 1 fully saturated rings. The molecule has 0 amide bonds. The lowest BCUT2D eigenvalue weighted by molar-refractivity contribution is 0.122. The zero-order valence-corrected chi connectivity index (χ0v) is 14.9. The molecule has 1 saturated heterocycles. The van der Waals surface area contributed by atoms with Gasteiger partial charge in [-0.2, -0.15) is 0 Å². The summed E-state index contributed by atoms with van der Waals surface area (Å²) in [6.45, 7) is 5.14. The Kier molecular flexibility index (Phi) is 3.90. The van der Waals surface area contributed by atoms with Crippen LogP contribution in [0.3, 0.4) is 0 Å². The van der Waals surface area contributed by atoms with E-state index in [1.54, 1.807) is 12.4 Å². The molecule has 0 radical (unpaired) electrons. The molecule has 0 N–H and O–H groups in total. The standard InChI is InChI=1S/C16H16IN5O/c1-11-10-22-14(17)13(12-2-4-18-5-3-12)20-15(16(22)19-11)21-6-8-23-9-7-21/h2-5,10H,6-9H2,1H3. The summed E-state index contributed by atoms with van der Waals surface area (Å²) in [5.74, 6) is 0.925. The van der Waals surface area contributed by atoms with Crippen LogP contribution < -0.4 is 4.90 Å². The van der Waals surface area contributed by atoms with E-state index < -0.39 is 0 Å². The minimum absolute atomic E-state index is 0.726. The molecular formula is C16H16IN5O. The van der Waals surface area contributed by atoms with Crippen LogP contribution in [-0.4, -0.2) is 45.7 Å². The van der Waals surface area contributed by atoms with Crippen molar-refractivity contribution in [2.24, 2.45) is 0 Å². The van der Waals surface area contributed by atoms with E-state index in [-0.39, 0.29) is 0 Å². The van der Waals surface area contributed by atoms with Gasteiger partial charge in [0, 0.05) is 37.2 Å². The lowest BCUT2D eigenvalue weighted by Crippen LogP contribution is -2.37. The summed E-state index contributed by atoms with van der Waals surface area (Å²) in [6, 6.07) is 3.98. The van der Waals surface area contributed by atoms with Gasteiger partial charge >= 0.3 is 0 Å². The molecule has 3 aromatic rings. The third kappa shape index (κ3) is 2.67. The predicted octanol–water partition coefficient (Wildman–Crippen LogP) is 2.54. The first-order chi connectivity index (χ1) is 11.2. The van der Waals surface area contributed by atoms with E-state index in [0.29, 0.717) is 0 Å². The van der Waals surface area contributed by atoms with Gasteiger partial charge in [0.1, 0.15) is 9.39 Å². The van der Waals surface area contributed by atoms with Crippen molar-refractivity contribution in [3.63, 3.8) is 0 Å². The average Bonchev–Trinajstić information content (AvgIpc) is 2.99. The summed E-state index contributed by atoms with van der Waals surface area (Å²) < 4.78 is 8.66. The molecule has 0 aliphatic carbocycles. The number of halogens is 1. The topological polar surface area (TPSA) is 55.5 Å². The lowest BCUT2D eigenvalue weighted by Gasteiger charge is -2.28. The molecule has 23 heavy (non-hydrogen) atoms. The van der Waals surface area contributed by atoms with E-state index >= 15 is 0 Å². The Morgan fingerprint density at radius 1 is 1.13 bits per heavy atom. The van der Waals surface area contributed by atoms with Gasteiger partial charge in [-0.1, -0.05) is 0 Å². The van der Waals surface area contributed by atoms with E-state index in [1.807, 2.05) is 19.1 Å². The summed E-state index contributed by atoms with van der Waals surface area (Å²) in [6.07, 6.45) is 5.66. The molecule has 3 aromatic heterocycles. The summed E-state index contributed by atoms with van der Waals surface area (Å²) >= 11 is 2.34. The van der Waals surface area contributed by atoms with Crippen LogP contribution in [0.4, 0.5) is 5.82 Å². The van der Waals surface area contributed by atoms with Gasteiger partial charge in [-0.05, 0) is 41.6 Å². The highest BCUT2D eigenvalue weighted by atomic mass is 127. The van der Waals surface area contributed by atoms with Crippen molar-refractivity contribution in [2.45, 2.75) is 6.92 Å². The highest BCUT2D eigenvalue weighted by Crippen LogP contribution is 2.30. The van der Waals surface area contributed by atoms with Crippen molar-refractivity contribution >= 4 is 34.1 Å². The highest BCUT2D eigenvalue weighted by molar-refractivity contribution is 14.1. The maximum atomic E-state index is 5.47. The molecule has 6 nitrogen and oxygen atoms in total. The van der Waals surface area contributed by atoms with Crippen molar-refractivity contribution in [1.29, 1.82) is 0 Å². The van der Waals surface area contributed by atoms with E-state index in [1.165, 1.54) is 0 Å². The van der Waals surface area contributed by atoms with Crippen molar-refractivity contribution in [1.82, 2.24) is 19.4 Å². The number of morpholine rings is 1. The van der Waals surface area contributed by atoms with Crippen molar-refractivity contribution in [3.05, 3.63) is 40.1 Å². The van der Waals surface area contributed by atoms with Crippen molar-refractivity contribution in [2.75, 3.05) is 31.2 Å². The smallest absolute Gasteiger partial charge is 0.181 e. The quantitative estimate of drug-likeness (QED) is 0.596. The number of aryl methyl sites for hydroxylation is 1. The lowest BCUT2D eigenvalue weighted by atomic mass is 10.2. The number of hydrogen-bond donors (Lipinski definition) is 0. The summed E-state index contributed by atoms with van der Waals surface area (Å²) in [4.78, 5) is 16.0. The first-order valence-corrected chi connectivity index (χ1v) is 8.60. The largest absolute Gasteiger partial charge is 0.378 e. The molecule has 1 aliphatic rings. The van der Waals surface area contributed by atoms with E-state index in [9.17, 15) is 0 Å². The summed E-state index contributed by atoms with van der Waals surface area (Å²) in [5.41, 5.74) is 3.92. The van der Waals surface area contributed by atoms with Gasteiger partial charge in [0.05, 0.1) is 18.9 Å². The number of hydrogen-bond acceptors (Lipinski definition) is 5. The van der Waals surface area contributed by atoms with Crippen LogP contribution >= 0.6 is 22.6 Å². The normalized spacial score (nSPS) is 15.3. The van der Waals surface area contributed by atoms with Crippen molar-refractivity contribution < 1.29 is 4.74 Å². The van der Waals surface area contributed by atoms with Crippen LogP contribution in [0, 0.1) is 10.6 Å². The van der Waals surface area contributed by atoms with Gasteiger partial charge in [0.2, 0.25) is 0 Å².